The summed E-state index contributed by atoms with van der Waals surface area (Å²) in [6.07, 6.45) is 0. The Morgan fingerprint density at radius 3 is 2.60 bits per heavy atom. The van der Waals surface area contributed by atoms with Gasteiger partial charge in [-0.25, -0.2) is 4.39 Å². The fourth-order valence-electron chi connectivity index (χ4n) is 2.05. The van der Waals surface area contributed by atoms with E-state index in [2.05, 4.69) is 5.32 Å². The van der Waals surface area contributed by atoms with Crippen LogP contribution in [0.25, 0.3) is 0 Å². The SMILES string of the molecule is COCc1cccc(C(CO)Nc2ccc(F)cc2)c1. The van der Waals surface area contributed by atoms with Gasteiger partial charge in [-0.15, -0.1) is 0 Å². The van der Waals surface area contributed by atoms with Crippen LogP contribution in [-0.2, 0) is 11.3 Å². The van der Waals surface area contributed by atoms with E-state index in [-0.39, 0.29) is 18.5 Å². The molecule has 3 nitrogen and oxygen atoms in total. The largest absolute Gasteiger partial charge is 0.394 e. The molecule has 0 heterocycles. The summed E-state index contributed by atoms with van der Waals surface area (Å²) in [5.74, 6) is -0.279. The van der Waals surface area contributed by atoms with Gasteiger partial charge in [0.15, 0.2) is 0 Å². The van der Waals surface area contributed by atoms with Crippen LogP contribution in [0.5, 0.6) is 0 Å². The van der Waals surface area contributed by atoms with Crippen LogP contribution in [0, 0.1) is 5.82 Å². The second-order valence-corrected chi connectivity index (χ2v) is 4.56. The zero-order valence-corrected chi connectivity index (χ0v) is 11.3. The second-order valence-electron chi connectivity index (χ2n) is 4.56. The van der Waals surface area contributed by atoms with Crippen molar-refractivity contribution in [2.45, 2.75) is 12.6 Å². The Balaban J connectivity index is 2.15. The van der Waals surface area contributed by atoms with E-state index < -0.39 is 0 Å². The molecule has 4 heteroatoms. The smallest absolute Gasteiger partial charge is 0.123 e. The Bertz CT molecular complexity index is 542. The number of nitrogens with one attached hydrogen (secondary N) is 1. The van der Waals surface area contributed by atoms with Crippen molar-refractivity contribution in [3.63, 3.8) is 0 Å². The van der Waals surface area contributed by atoms with Crippen LogP contribution in [-0.4, -0.2) is 18.8 Å². The summed E-state index contributed by atoms with van der Waals surface area (Å²) in [5.41, 5.74) is 2.78. The van der Waals surface area contributed by atoms with Gasteiger partial charge in [0.05, 0.1) is 19.3 Å². The van der Waals surface area contributed by atoms with Crippen molar-refractivity contribution in [1.29, 1.82) is 0 Å². The molecule has 2 aromatic carbocycles. The maximum atomic E-state index is 12.9. The van der Waals surface area contributed by atoms with Crippen molar-refractivity contribution < 1.29 is 14.2 Å². The lowest BCUT2D eigenvalue weighted by atomic mass is 10.0. The van der Waals surface area contributed by atoms with E-state index in [9.17, 15) is 9.50 Å². The maximum absolute atomic E-state index is 12.9. The summed E-state index contributed by atoms with van der Waals surface area (Å²) in [6.45, 7) is 0.482. The molecule has 2 N–H and O–H groups in total. The highest BCUT2D eigenvalue weighted by atomic mass is 19.1. The summed E-state index contributed by atoms with van der Waals surface area (Å²) >= 11 is 0. The molecule has 0 bridgehead atoms. The van der Waals surface area contributed by atoms with Crippen LogP contribution in [0.1, 0.15) is 17.2 Å². The van der Waals surface area contributed by atoms with Crippen LogP contribution in [0.15, 0.2) is 48.5 Å². The molecule has 0 aliphatic carbocycles. The average molecular weight is 275 g/mol. The van der Waals surface area contributed by atoms with E-state index in [1.165, 1.54) is 12.1 Å². The Hall–Kier alpha value is -1.91. The third kappa shape index (κ3) is 3.79. The molecular weight excluding hydrogens is 257 g/mol. The van der Waals surface area contributed by atoms with Crippen LogP contribution in [0.3, 0.4) is 0 Å². The number of methoxy groups -OCH3 is 1. The molecule has 0 aliphatic rings. The highest BCUT2D eigenvalue weighted by Crippen LogP contribution is 2.20. The highest BCUT2D eigenvalue weighted by Gasteiger charge is 2.10. The van der Waals surface area contributed by atoms with Crippen molar-refractivity contribution in [1.82, 2.24) is 0 Å². The van der Waals surface area contributed by atoms with Gasteiger partial charge in [-0.3, -0.25) is 0 Å². The van der Waals surface area contributed by atoms with E-state index in [1.54, 1.807) is 19.2 Å². The lowest BCUT2D eigenvalue weighted by Crippen LogP contribution is -2.15. The fraction of sp³-hybridized carbons (Fsp3) is 0.250. The number of aliphatic hydroxyl groups is 1. The van der Waals surface area contributed by atoms with E-state index >= 15 is 0 Å². The fourth-order valence-corrected chi connectivity index (χ4v) is 2.05. The minimum atomic E-state index is -0.279. The van der Waals surface area contributed by atoms with Gasteiger partial charge in [0.2, 0.25) is 0 Å². The lowest BCUT2D eigenvalue weighted by Gasteiger charge is -2.19. The monoisotopic (exact) mass is 275 g/mol. The summed E-state index contributed by atoms with van der Waals surface area (Å²) in [5, 5.41) is 12.7. The predicted octanol–water partition coefficient (Wildman–Crippen LogP) is 3.12. The first-order valence-corrected chi connectivity index (χ1v) is 6.43. The van der Waals surface area contributed by atoms with E-state index in [1.807, 2.05) is 24.3 Å². The zero-order chi connectivity index (χ0) is 14.4. The van der Waals surface area contributed by atoms with Crippen LogP contribution < -0.4 is 5.32 Å². The number of ether oxygens (including phenoxy) is 1. The molecule has 2 aromatic rings. The average Bonchev–Trinajstić information content (AvgIpc) is 2.47. The van der Waals surface area contributed by atoms with Crippen LogP contribution in [0.2, 0.25) is 0 Å². The zero-order valence-electron chi connectivity index (χ0n) is 11.3. The Morgan fingerprint density at radius 2 is 1.95 bits per heavy atom. The van der Waals surface area contributed by atoms with Crippen molar-refractivity contribution in [3.8, 4) is 0 Å². The third-order valence-electron chi connectivity index (χ3n) is 3.03. The first-order valence-electron chi connectivity index (χ1n) is 6.43. The number of aliphatic hydroxyl groups excluding tert-OH is 1. The standard InChI is InChI=1S/C16H18FNO2/c1-20-11-12-3-2-4-13(9-12)16(10-19)18-15-7-5-14(17)6-8-15/h2-9,16,18-19H,10-11H2,1H3. The molecule has 20 heavy (non-hydrogen) atoms. The van der Waals surface area contributed by atoms with Gasteiger partial charge in [0, 0.05) is 12.8 Å². The minimum Gasteiger partial charge on any atom is -0.394 e. The summed E-state index contributed by atoms with van der Waals surface area (Å²) in [6, 6.07) is 13.7. The maximum Gasteiger partial charge on any atom is 0.123 e. The topological polar surface area (TPSA) is 41.5 Å². The van der Waals surface area contributed by atoms with Crippen molar-refractivity contribution >= 4 is 5.69 Å². The highest BCUT2D eigenvalue weighted by molar-refractivity contribution is 5.45. The molecule has 0 amide bonds. The van der Waals surface area contributed by atoms with Gasteiger partial charge >= 0.3 is 0 Å². The van der Waals surface area contributed by atoms with Gasteiger partial charge in [-0.1, -0.05) is 24.3 Å². The first-order chi connectivity index (χ1) is 9.72. The normalized spacial score (nSPS) is 12.2. The number of anilines is 1. The van der Waals surface area contributed by atoms with Gasteiger partial charge in [0.25, 0.3) is 0 Å². The number of halogens is 1. The number of benzene rings is 2. The Morgan fingerprint density at radius 1 is 1.20 bits per heavy atom. The second kappa shape index (κ2) is 7.03. The quantitative estimate of drug-likeness (QED) is 0.851. The molecular formula is C16H18FNO2. The molecule has 0 saturated heterocycles. The van der Waals surface area contributed by atoms with Crippen molar-refractivity contribution in [2.24, 2.45) is 0 Å². The molecule has 0 radical (unpaired) electrons. The molecule has 1 unspecified atom stereocenters. The summed E-state index contributed by atoms with van der Waals surface area (Å²) in [7, 11) is 1.65. The number of hydrogen-bond acceptors (Lipinski definition) is 3. The van der Waals surface area contributed by atoms with Crippen LogP contribution in [0.4, 0.5) is 10.1 Å². The molecule has 106 valence electrons. The Kier molecular flexibility index (Phi) is 5.09. The van der Waals surface area contributed by atoms with Gasteiger partial charge in [0.1, 0.15) is 5.82 Å². The minimum absolute atomic E-state index is 0.0478. The number of hydrogen-bond donors (Lipinski definition) is 2. The number of rotatable bonds is 6. The lowest BCUT2D eigenvalue weighted by molar-refractivity contribution is 0.184. The van der Waals surface area contributed by atoms with Gasteiger partial charge in [-0.2, -0.15) is 0 Å². The van der Waals surface area contributed by atoms with Crippen molar-refractivity contribution in [3.05, 3.63) is 65.5 Å². The van der Waals surface area contributed by atoms with E-state index in [4.69, 9.17) is 4.74 Å². The molecule has 0 aliphatic heterocycles. The molecule has 0 aromatic heterocycles. The summed E-state index contributed by atoms with van der Waals surface area (Å²) < 4.78 is 18.0. The molecule has 0 fully saturated rings. The van der Waals surface area contributed by atoms with Gasteiger partial charge in [-0.05, 0) is 35.4 Å². The molecule has 0 saturated carbocycles. The Labute approximate surface area is 118 Å². The molecule has 0 spiro atoms. The summed E-state index contributed by atoms with van der Waals surface area (Å²) in [4.78, 5) is 0. The van der Waals surface area contributed by atoms with E-state index in [0.717, 1.165) is 16.8 Å². The van der Waals surface area contributed by atoms with Crippen LogP contribution >= 0.6 is 0 Å². The predicted molar refractivity (Wildman–Crippen MR) is 77.0 cm³/mol. The van der Waals surface area contributed by atoms with E-state index in [0.29, 0.717) is 6.61 Å². The first kappa shape index (κ1) is 14.5. The molecule has 2 rings (SSSR count). The van der Waals surface area contributed by atoms with Crippen molar-refractivity contribution in [2.75, 3.05) is 19.0 Å². The van der Waals surface area contributed by atoms with Gasteiger partial charge < -0.3 is 15.2 Å². The molecule has 1 atom stereocenters. The third-order valence-corrected chi connectivity index (χ3v) is 3.03.